The van der Waals surface area contributed by atoms with Crippen molar-refractivity contribution < 1.29 is 4.79 Å². The number of nitrogens with one attached hydrogen (secondary N) is 3. The van der Waals surface area contributed by atoms with Gasteiger partial charge in [-0.1, -0.05) is 18.2 Å². The summed E-state index contributed by atoms with van der Waals surface area (Å²) in [5, 5.41) is 7.57. The minimum absolute atomic E-state index is 0.132. The van der Waals surface area contributed by atoms with Crippen LogP contribution in [0.1, 0.15) is 24.8 Å². The number of hydrogen-bond acceptors (Lipinski definition) is 2. The molecule has 1 aromatic heterocycles. The van der Waals surface area contributed by atoms with Crippen molar-refractivity contribution in [2.75, 3.05) is 13.1 Å². The molecule has 1 amide bonds. The number of carbonyl (C=O) groups is 1. The van der Waals surface area contributed by atoms with Crippen molar-refractivity contribution in [3.8, 4) is 0 Å². The number of aromatic nitrogens is 1. The first kappa shape index (κ1) is 13.2. The topological polar surface area (TPSA) is 56.9 Å². The summed E-state index contributed by atoms with van der Waals surface area (Å²) < 4.78 is 0. The third-order valence-corrected chi connectivity index (χ3v) is 3.75. The molecule has 0 aliphatic heterocycles. The molecular weight excluding hydrogens is 250 g/mol. The molecule has 1 heterocycles. The Morgan fingerprint density at radius 3 is 2.95 bits per heavy atom. The molecule has 1 aliphatic rings. The Morgan fingerprint density at radius 1 is 1.25 bits per heavy atom. The molecule has 1 aliphatic carbocycles. The molecular formula is C16H21N3O. The van der Waals surface area contributed by atoms with Crippen molar-refractivity contribution in [2.24, 2.45) is 0 Å². The van der Waals surface area contributed by atoms with Crippen LogP contribution in [0.4, 0.5) is 0 Å². The molecule has 0 atom stereocenters. The van der Waals surface area contributed by atoms with E-state index in [9.17, 15) is 4.79 Å². The smallest absolute Gasteiger partial charge is 0.220 e. The molecule has 2 aromatic rings. The fraction of sp³-hybridized carbons (Fsp3) is 0.438. The number of aryl methyl sites for hydroxylation is 1. The number of H-pyrrole nitrogens is 1. The van der Waals surface area contributed by atoms with E-state index in [0.29, 0.717) is 12.5 Å². The number of amides is 1. The van der Waals surface area contributed by atoms with Crippen LogP contribution in [0.3, 0.4) is 0 Å². The van der Waals surface area contributed by atoms with Crippen LogP contribution in [0, 0.1) is 0 Å². The van der Waals surface area contributed by atoms with E-state index in [1.165, 1.54) is 23.8 Å². The van der Waals surface area contributed by atoms with Crippen LogP contribution in [0.2, 0.25) is 0 Å². The largest absolute Gasteiger partial charge is 0.361 e. The van der Waals surface area contributed by atoms with Crippen LogP contribution < -0.4 is 10.6 Å². The second-order valence-electron chi connectivity index (χ2n) is 5.44. The Morgan fingerprint density at radius 2 is 2.10 bits per heavy atom. The van der Waals surface area contributed by atoms with Gasteiger partial charge in [0.25, 0.3) is 0 Å². The van der Waals surface area contributed by atoms with Gasteiger partial charge in [0.15, 0.2) is 0 Å². The van der Waals surface area contributed by atoms with E-state index < -0.39 is 0 Å². The molecule has 0 spiro atoms. The van der Waals surface area contributed by atoms with Crippen LogP contribution in [-0.4, -0.2) is 30.0 Å². The van der Waals surface area contributed by atoms with Gasteiger partial charge in [-0.3, -0.25) is 4.79 Å². The standard InChI is InChI=1S/C16H21N3O/c20-16(18-10-9-17-13-6-7-13)8-5-12-11-19-15-4-2-1-3-14(12)15/h1-4,11,13,17,19H,5-10H2,(H,18,20). The first-order valence-electron chi connectivity index (χ1n) is 7.38. The zero-order valence-corrected chi connectivity index (χ0v) is 11.6. The molecule has 4 heteroatoms. The van der Waals surface area contributed by atoms with Gasteiger partial charge < -0.3 is 15.6 Å². The molecule has 0 saturated heterocycles. The van der Waals surface area contributed by atoms with Gasteiger partial charge in [-0.15, -0.1) is 0 Å². The fourth-order valence-electron chi connectivity index (χ4n) is 2.44. The lowest BCUT2D eigenvalue weighted by molar-refractivity contribution is -0.121. The second kappa shape index (κ2) is 6.09. The summed E-state index contributed by atoms with van der Waals surface area (Å²) >= 11 is 0. The van der Waals surface area contributed by atoms with Gasteiger partial charge in [0.05, 0.1) is 0 Å². The summed E-state index contributed by atoms with van der Waals surface area (Å²) in [4.78, 5) is 15.0. The number of benzene rings is 1. The first-order chi connectivity index (χ1) is 9.83. The van der Waals surface area contributed by atoms with E-state index >= 15 is 0 Å². The van der Waals surface area contributed by atoms with E-state index in [1.54, 1.807) is 0 Å². The third-order valence-electron chi connectivity index (χ3n) is 3.75. The number of aromatic amines is 1. The van der Waals surface area contributed by atoms with E-state index in [2.05, 4.69) is 27.8 Å². The highest BCUT2D eigenvalue weighted by molar-refractivity contribution is 5.84. The maximum atomic E-state index is 11.8. The maximum Gasteiger partial charge on any atom is 0.220 e. The Kier molecular flexibility index (Phi) is 4.02. The molecule has 0 radical (unpaired) electrons. The van der Waals surface area contributed by atoms with Gasteiger partial charge in [-0.25, -0.2) is 0 Å². The van der Waals surface area contributed by atoms with Gasteiger partial charge in [0.2, 0.25) is 5.91 Å². The summed E-state index contributed by atoms with van der Waals surface area (Å²) in [5.41, 5.74) is 2.35. The predicted octanol–water partition coefficient (Wildman–Crippen LogP) is 1.97. The molecule has 3 N–H and O–H groups in total. The van der Waals surface area contributed by atoms with Crippen molar-refractivity contribution in [1.29, 1.82) is 0 Å². The van der Waals surface area contributed by atoms with Crippen molar-refractivity contribution in [3.05, 3.63) is 36.0 Å². The number of rotatable bonds is 7. The molecule has 4 nitrogen and oxygen atoms in total. The highest BCUT2D eigenvalue weighted by Crippen LogP contribution is 2.19. The van der Waals surface area contributed by atoms with Crippen molar-refractivity contribution in [3.63, 3.8) is 0 Å². The van der Waals surface area contributed by atoms with E-state index in [4.69, 9.17) is 0 Å². The fourth-order valence-corrected chi connectivity index (χ4v) is 2.44. The average Bonchev–Trinajstić information content (AvgIpc) is 3.20. The summed E-state index contributed by atoms with van der Waals surface area (Å²) in [6, 6.07) is 8.91. The SMILES string of the molecule is O=C(CCc1c[nH]c2ccccc12)NCCNC1CC1. The Labute approximate surface area is 118 Å². The van der Waals surface area contributed by atoms with E-state index in [0.717, 1.165) is 25.0 Å². The molecule has 0 unspecified atom stereocenters. The predicted molar refractivity (Wildman–Crippen MR) is 80.7 cm³/mol. The second-order valence-corrected chi connectivity index (χ2v) is 5.44. The first-order valence-corrected chi connectivity index (χ1v) is 7.38. The summed E-state index contributed by atoms with van der Waals surface area (Å²) in [6.07, 6.45) is 5.91. The Bertz CT molecular complexity index is 586. The van der Waals surface area contributed by atoms with Gasteiger partial charge in [0, 0.05) is 42.7 Å². The monoisotopic (exact) mass is 271 g/mol. The van der Waals surface area contributed by atoms with Gasteiger partial charge in [-0.2, -0.15) is 0 Å². The average molecular weight is 271 g/mol. The maximum absolute atomic E-state index is 11.8. The highest BCUT2D eigenvalue weighted by atomic mass is 16.1. The summed E-state index contributed by atoms with van der Waals surface area (Å²) in [5.74, 6) is 0.132. The van der Waals surface area contributed by atoms with Gasteiger partial charge in [-0.05, 0) is 30.9 Å². The van der Waals surface area contributed by atoms with Gasteiger partial charge >= 0.3 is 0 Å². The van der Waals surface area contributed by atoms with Crippen LogP contribution in [0.5, 0.6) is 0 Å². The molecule has 20 heavy (non-hydrogen) atoms. The molecule has 3 rings (SSSR count). The molecule has 0 bridgehead atoms. The number of fused-ring (bicyclic) bond motifs is 1. The molecule has 1 aromatic carbocycles. The lowest BCUT2D eigenvalue weighted by atomic mass is 10.1. The quantitative estimate of drug-likeness (QED) is 0.674. The summed E-state index contributed by atoms with van der Waals surface area (Å²) in [7, 11) is 0. The van der Waals surface area contributed by atoms with Gasteiger partial charge in [0.1, 0.15) is 0 Å². The number of carbonyl (C=O) groups excluding carboxylic acids is 1. The minimum Gasteiger partial charge on any atom is -0.361 e. The van der Waals surface area contributed by atoms with E-state index in [-0.39, 0.29) is 5.91 Å². The summed E-state index contributed by atoms with van der Waals surface area (Å²) in [6.45, 7) is 1.60. The number of hydrogen-bond donors (Lipinski definition) is 3. The normalized spacial score (nSPS) is 14.6. The molecule has 1 fully saturated rings. The van der Waals surface area contributed by atoms with Crippen molar-refractivity contribution in [2.45, 2.75) is 31.7 Å². The van der Waals surface area contributed by atoms with Crippen LogP contribution in [0.15, 0.2) is 30.5 Å². The van der Waals surface area contributed by atoms with Crippen LogP contribution >= 0.6 is 0 Å². The third kappa shape index (κ3) is 3.39. The van der Waals surface area contributed by atoms with Crippen LogP contribution in [-0.2, 0) is 11.2 Å². The lowest BCUT2D eigenvalue weighted by Crippen LogP contribution is -2.32. The Balaban J connectivity index is 1.42. The molecule has 106 valence electrons. The van der Waals surface area contributed by atoms with Crippen LogP contribution in [0.25, 0.3) is 10.9 Å². The zero-order valence-electron chi connectivity index (χ0n) is 11.6. The molecule has 1 saturated carbocycles. The number of para-hydroxylation sites is 1. The zero-order chi connectivity index (χ0) is 13.8. The highest BCUT2D eigenvalue weighted by Gasteiger charge is 2.19. The minimum atomic E-state index is 0.132. The van der Waals surface area contributed by atoms with Crippen molar-refractivity contribution in [1.82, 2.24) is 15.6 Å². The Hall–Kier alpha value is -1.81. The lowest BCUT2D eigenvalue weighted by Gasteiger charge is -2.05. The van der Waals surface area contributed by atoms with E-state index in [1.807, 2.05) is 18.3 Å². The van der Waals surface area contributed by atoms with Crippen molar-refractivity contribution >= 4 is 16.8 Å².